The summed E-state index contributed by atoms with van der Waals surface area (Å²) in [6.07, 6.45) is 7.88. The van der Waals surface area contributed by atoms with Crippen molar-refractivity contribution in [2.75, 3.05) is 6.61 Å². The molecular formula is C10H12O2. The monoisotopic (exact) mass is 164 g/mol. The molecule has 0 atom stereocenters. The first-order chi connectivity index (χ1) is 5.81. The van der Waals surface area contributed by atoms with Crippen molar-refractivity contribution in [1.29, 1.82) is 0 Å². The molecule has 0 radical (unpaired) electrons. The van der Waals surface area contributed by atoms with E-state index >= 15 is 0 Å². The standard InChI is InChI=1S/C10H12O2/c1-3-5-7-9-12-10(11)8-6-4-2/h2H,3,5,7,9H2,1H3. The Labute approximate surface area is 73.3 Å². The number of hydrogen-bond acceptors (Lipinski definition) is 2. The van der Waals surface area contributed by atoms with E-state index in [0.717, 1.165) is 19.3 Å². The molecule has 0 spiro atoms. The maximum atomic E-state index is 10.7. The van der Waals surface area contributed by atoms with Crippen LogP contribution in [-0.2, 0) is 9.53 Å². The summed E-state index contributed by atoms with van der Waals surface area (Å²) in [5.41, 5.74) is 0. The van der Waals surface area contributed by atoms with Crippen LogP contribution < -0.4 is 0 Å². The molecule has 0 aliphatic carbocycles. The smallest absolute Gasteiger partial charge is 0.385 e. The molecule has 0 saturated carbocycles. The second kappa shape index (κ2) is 7.69. The molecule has 12 heavy (non-hydrogen) atoms. The van der Waals surface area contributed by atoms with Crippen molar-refractivity contribution >= 4 is 5.97 Å². The van der Waals surface area contributed by atoms with E-state index in [2.05, 4.69) is 18.8 Å². The lowest BCUT2D eigenvalue weighted by atomic mass is 10.3. The van der Waals surface area contributed by atoms with Crippen molar-refractivity contribution < 1.29 is 9.53 Å². The molecule has 0 aromatic heterocycles. The number of carbonyl (C=O) groups is 1. The van der Waals surface area contributed by atoms with E-state index in [4.69, 9.17) is 11.2 Å². The van der Waals surface area contributed by atoms with Gasteiger partial charge in [-0.05, 0) is 18.3 Å². The molecule has 0 amide bonds. The normalized spacial score (nSPS) is 7.67. The molecule has 0 rings (SSSR count). The van der Waals surface area contributed by atoms with Crippen molar-refractivity contribution in [3.63, 3.8) is 0 Å². The molecule has 0 N–H and O–H groups in total. The van der Waals surface area contributed by atoms with Gasteiger partial charge in [0.15, 0.2) is 0 Å². The lowest BCUT2D eigenvalue weighted by molar-refractivity contribution is -0.136. The SMILES string of the molecule is C#CC#CC(=O)OCCCCC. The molecular weight excluding hydrogens is 152 g/mol. The van der Waals surface area contributed by atoms with Crippen LogP contribution in [0.4, 0.5) is 0 Å². The van der Waals surface area contributed by atoms with Gasteiger partial charge in [-0.2, -0.15) is 0 Å². The van der Waals surface area contributed by atoms with Crippen LogP contribution in [0.25, 0.3) is 0 Å². The molecule has 2 nitrogen and oxygen atoms in total. The summed E-state index contributed by atoms with van der Waals surface area (Å²) in [6, 6.07) is 0. The van der Waals surface area contributed by atoms with Gasteiger partial charge >= 0.3 is 5.97 Å². The van der Waals surface area contributed by atoms with E-state index in [9.17, 15) is 4.79 Å². The molecule has 0 aliphatic heterocycles. The molecule has 0 saturated heterocycles. The molecule has 0 heterocycles. The average molecular weight is 164 g/mol. The lowest BCUT2D eigenvalue weighted by Gasteiger charge is -1.97. The van der Waals surface area contributed by atoms with Crippen LogP contribution in [0.3, 0.4) is 0 Å². The molecule has 0 aromatic carbocycles. The highest BCUT2D eigenvalue weighted by Gasteiger charge is 1.94. The Balaban J connectivity index is 3.40. The van der Waals surface area contributed by atoms with Gasteiger partial charge in [0.1, 0.15) is 0 Å². The second-order valence-electron chi connectivity index (χ2n) is 2.24. The first-order valence-electron chi connectivity index (χ1n) is 3.94. The Kier molecular flexibility index (Phi) is 6.79. The van der Waals surface area contributed by atoms with Crippen LogP contribution in [0.1, 0.15) is 26.2 Å². The van der Waals surface area contributed by atoms with Gasteiger partial charge < -0.3 is 4.74 Å². The van der Waals surface area contributed by atoms with Crippen LogP contribution in [0.15, 0.2) is 0 Å². The summed E-state index contributed by atoms with van der Waals surface area (Å²) in [4.78, 5) is 10.7. The lowest BCUT2D eigenvalue weighted by Crippen LogP contribution is -2.02. The number of carbonyl (C=O) groups excluding carboxylic acids is 1. The zero-order chi connectivity index (χ0) is 9.23. The van der Waals surface area contributed by atoms with E-state index in [1.54, 1.807) is 0 Å². The fourth-order valence-corrected chi connectivity index (χ4v) is 0.640. The van der Waals surface area contributed by atoms with E-state index in [0.29, 0.717) is 6.61 Å². The summed E-state index contributed by atoms with van der Waals surface area (Å²) in [5, 5.41) is 0. The van der Waals surface area contributed by atoms with Gasteiger partial charge in [-0.25, -0.2) is 4.79 Å². The highest BCUT2D eigenvalue weighted by molar-refractivity contribution is 5.89. The van der Waals surface area contributed by atoms with Gasteiger partial charge in [-0.3, -0.25) is 0 Å². The number of unbranched alkanes of at least 4 members (excludes halogenated alkanes) is 2. The highest BCUT2D eigenvalue weighted by Crippen LogP contribution is 1.93. The molecule has 0 aliphatic rings. The molecule has 0 aromatic rings. The van der Waals surface area contributed by atoms with E-state index in [1.165, 1.54) is 0 Å². The van der Waals surface area contributed by atoms with E-state index < -0.39 is 5.97 Å². The highest BCUT2D eigenvalue weighted by atomic mass is 16.5. The van der Waals surface area contributed by atoms with Crippen LogP contribution in [0.2, 0.25) is 0 Å². The van der Waals surface area contributed by atoms with Gasteiger partial charge in [-0.1, -0.05) is 19.8 Å². The quantitative estimate of drug-likeness (QED) is 0.271. The molecule has 64 valence electrons. The minimum Gasteiger partial charge on any atom is -0.456 e. The van der Waals surface area contributed by atoms with Crippen molar-refractivity contribution in [2.45, 2.75) is 26.2 Å². The van der Waals surface area contributed by atoms with Crippen molar-refractivity contribution in [3.05, 3.63) is 0 Å². The maximum absolute atomic E-state index is 10.7. The predicted molar refractivity (Wildman–Crippen MR) is 47.1 cm³/mol. The zero-order valence-electron chi connectivity index (χ0n) is 7.22. The van der Waals surface area contributed by atoms with E-state index in [1.807, 2.05) is 5.92 Å². The minimum atomic E-state index is -0.538. The van der Waals surface area contributed by atoms with Crippen molar-refractivity contribution in [1.82, 2.24) is 0 Å². The first kappa shape index (κ1) is 10.6. The predicted octanol–water partition coefficient (Wildman–Crippen LogP) is 1.36. The van der Waals surface area contributed by atoms with Crippen LogP contribution in [0, 0.1) is 24.2 Å². The summed E-state index contributed by atoms with van der Waals surface area (Å²) < 4.78 is 4.74. The third-order valence-corrected chi connectivity index (χ3v) is 1.22. The summed E-state index contributed by atoms with van der Waals surface area (Å²) in [5.74, 6) is 5.85. The summed E-state index contributed by atoms with van der Waals surface area (Å²) >= 11 is 0. The van der Waals surface area contributed by atoms with Crippen LogP contribution >= 0.6 is 0 Å². The van der Waals surface area contributed by atoms with Crippen LogP contribution in [0.5, 0.6) is 0 Å². The number of esters is 1. The Morgan fingerprint density at radius 2 is 2.25 bits per heavy atom. The molecule has 0 unspecified atom stereocenters. The van der Waals surface area contributed by atoms with Gasteiger partial charge in [-0.15, -0.1) is 6.42 Å². The minimum absolute atomic E-state index is 0.436. The number of terminal acetylenes is 1. The fourth-order valence-electron chi connectivity index (χ4n) is 0.640. The maximum Gasteiger partial charge on any atom is 0.385 e. The van der Waals surface area contributed by atoms with Crippen molar-refractivity contribution in [3.8, 4) is 24.2 Å². The average Bonchev–Trinajstić information content (AvgIpc) is 2.09. The second-order valence-corrected chi connectivity index (χ2v) is 2.24. The Morgan fingerprint density at radius 3 is 2.83 bits per heavy atom. The third kappa shape index (κ3) is 6.71. The first-order valence-corrected chi connectivity index (χ1v) is 3.94. The van der Waals surface area contributed by atoms with Crippen LogP contribution in [-0.4, -0.2) is 12.6 Å². The van der Waals surface area contributed by atoms with E-state index in [-0.39, 0.29) is 0 Å². The largest absolute Gasteiger partial charge is 0.456 e. The summed E-state index contributed by atoms with van der Waals surface area (Å²) in [7, 11) is 0. The Hall–Kier alpha value is -1.41. The van der Waals surface area contributed by atoms with Crippen molar-refractivity contribution in [2.24, 2.45) is 0 Å². The molecule has 0 fully saturated rings. The van der Waals surface area contributed by atoms with Gasteiger partial charge in [0.25, 0.3) is 0 Å². The summed E-state index contributed by atoms with van der Waals surface area (Å²) in [6.45, 7) is 2.52. The molecule has 2 heteroatoms. The number of hydrogen-bond donors (Lipinski definition) is 0. The topological polar surface area (TPSA) is 26.3 Å². The fraction of sp³-hybridized carbons (Fsp3) is 0.500. The van der Waals surface area contributed by atoms with Gasteiger partial charge in [0, 0.05) is 5.92 Å². The number of rotatable bonds is 4. The third-order valence-electron chi connectivity index (χ3n) is 1.22. The molecule has 0 bridgehead atoms. The number of ether oxygens (including phenoxy) is 1. The zero-order valence-corrected chi connectivity index (χ0v) is 7.22. The Bertz CT molecular complexity index is 224. The van der Waals surface area contributed by atoms with Gasteiger partial charge in [0.05, 0.1) is 6.61 Å². The van der Waals surface area contributed by atoms with Gasteiger partial charge in [0.2, 0.25) is 0 Å². The Morgan fingerprint density at radius 1 is 1.50 bits per heavy atom.